The molecule has 1 fully saturated rings. The Kier molecular flexibility index (Phi) is 8.11. The van der Waals surface area contributed by atoms with Gasteiger partial charge in [-0.05, 0) is 32.1 Å². The largest absolute Gasteiger partial charge is 0.342 e. The molecule has 19 heavy (non-hydrogen) atoms. The van der Waals surface area contributed by atoms with E-state index in [9.17, 15) is 4.79 Å². The van der Waals surface area contributed by atoms with Crippen molar-refractivity contribution in [1.29, 1.82) is 0 Å². The van der Waals surface area contributed by atoms with Crippen molar-refractivity contribution in [1.82, 2.24) is 4.90 Å². The monoisotopic (exact) mass is 268 g/mol. The maximum atomic E-state index is 12.1. The first-order valence-corrected chi connectivity index (χ1v) is 8.18. The van der Waals surface area contributed by atoms with Crippen LogP contribution in [0.3, 0.4) is 0 Å². The number of unbranched alkanes of at least 4 members (excludes halogenated alkanes) is 5. The minimum atomic E-state index is 0.213. The number of carbonyl (C=O) groups is 1. The molecule has 0 saturated carbocycles. The maximum Gasteiger partial charge on any atom is 0.222 e. The number of rotatable bonds is 8. The molecule has 1 heterocycles. The zero-order chi connectivity index (χ0) is 14.1. The molecule has 2 atom stereocenters. The summed E-state index contributed by atoms with van der Waals surface area (Å²) in [5.74, 6) is 0.850. The van der Waals surface area contributed by atoms with E-state index >= 15 is 0 Å². The summed E-state index contributed by atoms with van der Waals surface area (Å²) in [5, 5.41) is 0. The van der Waals surface area contributed by atoms with Gasteiger partial charge in [-0.25, -0.2) is 0 Å². The van der Waals surface area contributed by atoms with Gasteiger partial charge in [-0.2, -0.15) is 0 Å². The van der Waals surface area contributed by atoms with Crippen molar-refractivity contribution in [2.24, 2.45) is 11.7 Å². The quantitative estimate of drug-likeness (QED) is 0.686. The van der Waals surface area contributed by atoms with Gasteiger partial charge in [-0.1, -0.05) is 39.0 Å². The predicted octanol–water partition coefficient (Wildman–Crippen LogP) is 3.32. The van der Waals surface area contributed by atoms with Crippen LogP contribution in [-0.4, -0.2) is 29.9 Å². The normalized spacial score (nSPS) is 21.4. The molecule has 1 aliphatic heterocycles. The highest BCUT2D eigenvalue weighted by Gasteiger charge is 2.25. The maximum absolute atomic E-state index is 12.1. The number of carbonyl (C=O) groups excluding carboxylic acids is 1. The lowest BCUT2D eigenvalue weighted by Crippen LogP contribution is -2.44. The van der Waals surface area contributed by atoms with Crippen molar-refractivity contribution < 1.29 is 4.79 Å². The lowest BCUT2D eigenvalue weighted by atomic mass is 9.92. The van der Waals surface area contributed by atoms with Crippen molar-refractivity contribution in [3.63, 3.8) is 0 Å². The zero-order valence-corrected chi connectivity index (χ0v) is 12.9. The molecule has 1 rings (SSSR count). The SMILES string of the molecule is CCCCCCCCC(=O)N1CCCC(C(C)N)C1. The molecule has 0 aliphatic carbocycles. The molecule has 2 unspecified atom stereocenters. The van der Waals surface area contributed by atoms with E-state index in [1.54, 1.807) is 0 Å². The van der Waals surface area contributed by atoms with Crippen LogP contribution in [0.2, 0.25) is 0 Å². The molecular formula is C16H32N2O. The highest BCUT2D eigenvalue weighted by Crippen LogP contribution is 2.20. The molecule has 1 amide bonds. The highest BCUT2D eigenvalue weighted by molar-refractivity contribution is 5.76. The molecule has 2 N–H and O–H groups in total. The minimum Gasteiger partial charge on any atom is -0.342 e. The third-order valence-electron chi connectivity index (χ3n) is 4.30. The van der Waals surface area contributed by atoms with Crippen LogP contribution in [0.4, 0.5) is 0 Å². The number of piperidine rings is 1. The molecule has 112 valence electrons. The van der Waals surface area contributed by atoms with E-state index in [1.165, 1.54) is 38.5 Å². The van der Waals surface area contributed by atoms with Crippen molar-refractivity contribution in [3.8, 4) is 0 Å². The van der Waals surface area contributed by atoms with Crippen LogP contribution >= 0.6 is 0 Å². The first kappa shape index (κ1) is 16.5. The van der Waals surface area contributed by atoms with Crippen molar-refractivity contribution in [2.75, 3.05) is 13.1 Å². The second kappa shape index (κ2) is 9.35. The Morgan fingerprint density at radius 1 is 1.26 bits per heavy atom. The average molecular weight is 268 g/mol. The van der Waals surface area contributed by atoms with Gasteiger partial charge < -0.3 is 10.6 Å². The Labute approximate surface area is 118 Å². The molecular weight excluding hydrogens is 236 g/mol. The summed E-state index contributed by atoms with van der Waals surface area (Å²) in [6.07, 6.45) is 10.5. The average Bonchev–Trinajstić information content (AvgIpc) is 2.42. The Balaban J connectivity index is 2.14. The number of nitrogens with two attached hydrogens (primary N) is 1. The number of hydrogen-bond donors (Lipinski definition) is 1. The van der Waals surface area contributed by atoms with Gasteiger partial charge in [0, 0.05) is 25.6 Å². The van der Waals surface area contributed by atoms with Crippen LogP contribution in [-0.2, 0) is 4.79 Å². The Morgan fingerprint density at radius 3 is 2.63 bits per heavy atom. The van der Waals surface area contributed by atoms with Gasteiger partial charge in [-0.15, -0.1) is 0 Å². The molecule has 3 nitrogen and oxygen atoms in total. The molecule has 0 aromatic heterocycles. The Hall–Kier alpha value is -0.570. The first-order valence-electron chi connectivity index (χ1n) is 8.18. The summed E-state index contributed by atoms with van der Waals surface area (Å²) in [7, 11) is 0. The van der Waals surface area contributed by atoms with Gasteiger partial charge in [0.05, 0.1) is 0 Å². The van der Waals surface area contributed by atoms with E-state index in [-0.39, 0.29) is 6.04 Å². The lowest BCUT2D eigenvalue weighted by molar-refractivity contribution is -0.133. The van der Waals surface area contributed by atoms with Gasteiger partial charge >= 0.3 is 0 Å². The van der Waals surface area contributed by atoms with Crippen LogP contribution in [0.25, 0.3) is 0 Å². The summed E-state index contributed by atoms with van der Waals surface area (Å²) in [4.78, 5) is 14.2. The highest BCUT2D eigenvalue weighted by atomic mass is 16.2. The molecule has 0 spiro atoms. The Bertz CT molecular complexity index is 253. The second-order valence-electron chi connectivity index (χ2n) is 6.12. The topological polar surface area (TPSA) is 46.3 Å². The first-order chi connectivity index (χ1) is 9.15. The van der Waals surface area contributed by atoms with Gasteiger partial charge in [0.15, 0.2) is 0 Å². The molecule has 0 aromatic carbocycles. The predicted molar refractivity (Wildman–Crippen MR) is 80.9 cm³/mol. The number of hydrogen-bond acceptors (Lipinski definition) is 2. The lowest BCUT2D eigenvalue weighted by Gasteiger charge is -2.34. The summed E-state index contributed by atoms with van der Waals surface area (Å²) in [6.45, 7) is 6.12. The van der Waals surface area contributed by atoms with Gasteiger partial charge in [0.1, 0.15) is 0 Å². The second-order valence-corrected chi connectivity index (χ2v) is 6.12. The molecule has 0 bridgehead atoms. The van der Waals surface area contributed by atoms with Crippen LogP contribution in [0.15, 0.2) is 0 Å². The standard InChI is InChI=1S/C16H32N2O/c1-3-4-5-6-7-8-11-16(19)18-12-9-10-15(13-18)14(2)17/h14-15H,3-13,17H2,1-2H3. The minimum absolute atomic E-state index is 0.213. The van der Waals surface area contributed by atoms with Crippen molar-refractivity contribution in [3.05, 3.63) is 0 Å². The van der Waals surface area contributed by atoms with Crippen LogP contribution in [0.1, 0.15) is 71.6 Å². The number of nitrogens with zero attached hydrogens (tertiary/aromatic N) is 1. The number of likely N-dealkylation sites (tertiary alicyclic amines) is 1. The van der Waals surface area contributed by atoms with Gasteiger partial charge in [0.2, 0.25) is 5.91 Å². The van der Waals surface area contributed by atoms with E-state index in [4.69, 9.17) is 5.73 Å². The van der Waals surface area contributed by atoms with E-state index in [2.05, 4.69) is 13.8 Å². The smallest absolute Gasteiger partial charge is 0.222 e. The van der Waals surface area contributed by atoms with Crippen molar-refractivity contribution >= 4 is 5.91 Å². The van der Waals surface area contributed by atoms with Gasteiger partial charge in [0.25, 0.3) is 0 Å². The van der Waals surface area contributed by atoms with Crippen LogP contribution in [0.5, 0.6) is 0 Å². The Morgan fingerprint density at radius 2 is 1.95 bits per heavy atom. The van der Waals surface area contributed by atoms with Gasteiger partial charge in [-0.3, -0.25) is 4.79 Å². The molecule has 0 aromatic rings. The third kappa shape index (κ3) is 6.42. The molecule has 0 radical (unpaired) electrons. The summed E-state index contributed by atoms with van der Waals surface area (Å²) >= 11 is 0. The van der Waals surface area contributed by atoms with Crippen LogP contribution in [0, 0.1) is 5.92 Å². The molecule has 1 saturated heterocycles. The fraction of sp³-hybridized carbons (Fsp3) is 0.938. The summed E-state index contributed by atoms with van der Waals surface area (Å²) in [6, 6.07) is 0.213. The van der Waals surface area contributed by atoms with Crippen LogP contribution < -0.4 is 5.73 Å². The summed E-state index contributed by atoms with van der Waals surface area (Å²) < 4.78 is 0. The van der Waals surface area contributed by atoms with E-state index in [0.717, 1.165) is 32.4 Å². The fourth-order valence-electron chi connectivity index (χ4n) is 2.88. The van der Waals surface area contributed by atoms with E-state index in [1.807, 2.05) is 4.90 Å². The molecule has 1 aliphatic rings. The van der Waals surface area contributed by atoms with E-state index < -0.39 is 0 Å². The summed E-state index contributed by atoms with van der Waals surface area (Å²) in [5.41, 5.74) is 5.96. The third-order valence-corrected chi connectivity index (χ3v) is 4.30. The number of amides is 1. The zero-order valence-electron chi connectivity index (χ0n) is 12.9. The van der Waals surface area contributed by atoms with Crippen molar-refractivity contribution in [2.45, 2.75) is 77.7 Å². The molecule has 3 heteroatoms. The van der Waals surface area contributed by atoms with E-state index in [0.29, 0.717) is 11.8 Å². The fourth-order valence-corrected chi connectivity index (χ4v) is 2.88.